The Bertz CT molecular complexity index is 782. The van der Waals surface area contributed by atoms with Crippen LogP contribution in [0.2, 0.25) is 0 Å². The molecule has 0 unspecified atom stereocenters. The number of ketones is 1. The third-order valence-corrected chi connectivity index (χ3v) is 9.51. The molecule has 4 aliphatic carbocycles. The minimum Gasteiger partial charge on any atom is -0.306 e. The zero-order valence-electron chi connectivity index (χ0n) is 19.1. The second-order valence-corrected chi connectivity index (χ2v) is 11.3. The first kappa shape index (κ1) is 20.1. The maximum absolute atomic E-state index is 12.4. The van der Waals surface area contributed by atoms with Crippen molar-refractivity contribution in [3.63, 3.8) is 0 Å². The minimum atomic E-state index is 0.00269. The highest BCUT2D eigenvalue weighted by Gasteiger charge is 2.57. The normalized spacial score (nSPS) is 41.9. The van der Waals surface area contributed by atoms with Gasteiger partial charge in [-0.3, -0.25) is 4.79 Å². The van der Waals surface area contributed by atoms with Crippen molar-refractivity contribution in [3.8, 4) is 0 Å². The Morgan fingerprint density at radius 1 is 1.00 bits per heavy atom. The van der Waals surface area contributed by atoms with E-state index in [2.05, 4.69) is 64.9 Å². The van der Waals surface area contributed by atoms with Gasteiger partial charge in [-0.1, -0.05) is 51.5 Å². The molecule has 0 aliphatic heterocycles. The molecular weight excluding hydrogens is 342 g/mol. The molecule has 0 saturated heterocycles. The molecule has 28 heavy (non-hydrogen) atoms. The molecule has 1 saturated carbocycles. The van der Waals surface area contributed by atoms with E-state index < -0.39 is 0 Å². The summed E-state index contributed by atoms with van der Waals surface area (Å²) in [5, 5.41) is 0. The highest BCUT2D eigenvalue weighted by Crippen LogP contribution is 2.65. The number of hydrogen-bond acceptors (Lipinski definition) is 2. The summed E-state index contributed by atoms with van der Waals surface area (Å²) in [6.45, 7) is 11.6. The molecule has 0 aromatic heterocycles. The lowest BCUT2D eigenvalue weighted by molar-refractivity contribution is -0.115. The number of carbonyl (C=O) groups is 1. The molecule has 0 radical (unpaired) electrons. The fraction of sp³-hybridized carbons (Fsp3) is 0.731. The van der Waals surface area contributed by atoms with Gasteiger partial charge in [0, 0.05) is 11.5 Å². The Balaban J connectivity index is 1.70. The van der Waals surface area contributed by atoms with Crippen LogP contribution in [-0.4, -0.2) is 30.8 Å². The van der Waals surface area contributed by atoms with E-state index in [9.17, 15) is 4.79 Å². The van der Waals surface area contributed by atoms with E-state index >= 15 is 0 Å². The molecule has 0 heterocycles. The van der Waals surface area contributed by atoms with Crippen molar-refractivity contribution in [3.05, 3.63) is 34.9 Å². The lowest BCUT2D eigenvalue weighted by Gasteiger charge is -2.51. The van der Waals surface area contributed by atoms with Gasteiger partial charge in [-0.05, 0) is 93.4 Å². The van der Waals surface area contributed by atoms with Crippen molar-refractivity contribution >= 4 is 5.78 Å². The lowest BCUT2D eigenvalue weighted by Crippen LogP contribution is -2.49. The fourth-order valence-corrected chi connectivity index (χ4v) is 7.71. The molecule has 2 heteroatoms. The Kier molecular flexibility index (Phi) is 4.62. The first-order valence-electron chi connectivity index (χ1n) is 11.3. The van der Waals surface area contributed by atoms with Crippen LogP contribution in [0.4, 0.5) is 0 Å². The molecular formula is C26H39NO. The van der Waals surface area contributed by atoms with Crippen LogP contribution in [0.3, 0.4) is 0 Å². The van der Waals surface area contributed by atoms with Crippen molar-refractivity contribution < 1.29 is 4.79 Å². The smallest absolute Gasteiger partial charge is 0.156 e. The summed E-state index contributed by atoms with van der Waals surface area (Å²) < 4.78 is 0. The number of nitrogens with zero attached hydrogens (tertiary/aromatic N) is 1. The van der Waals surface area contributed by atoms with Gasteiger partial charge in [-0.2, -0.15) is 0 Å². The van der Waals surface area contributed by atoms with Crippen LogP contribution < -0.4 is 0 Å². The van der Waals surface area contributed by atoms with Crippen LogP contribution in [0.25, 0.3) is 0 Å². The first-order valence-corrected chi connectivity index (χ1v) is 11.3. The van der Waals surface area contributed by atoms with Gasteiger partial charge < -0.3 is 4.90 Å². The Morgan fingerprint density at radius 3 is 2.32 bits per heavy atom. The molecule has 4 aliphatic rings. The molecule has 0 aromatic rings. The molecule has 0 bridgehead atoms. The molecule has 5 atom stereocenters. The molecule has 0 aromatic carbocycles. The molecule has 1 fully saturated rings. The first-order chi connectivity index (χ1) is 13.0. The lowest BCUT2D eigenvalue weighted by atomic mass is 9.52. The molecule has 4 rings (SSSR count). The van der Waals surface area contributed by atoms with Gasteiger partial charge in [0.1, 0.15) is 0 Å². The fourth-order valence-electron chi connectivity index (χ4n) is 7.71. The van der Waals surface area contributed by atoms with Gasteiger partial charge in [0.2, 0.25) is 0 Å². The van der Waals surface area contributed by atoms with E-state index in [-0.39, 0.29) is 16.6 Å². The largest absolute Gasteiger partial charge is 0.306 e. The van der Waals surface area contributed by atoms with Crippen molar-refractivity contribution in [2.45, 2.75) is 79.2 Å². The summed E-state index contributed by atoms with van der Waals surface area (Å²) >= 11 is 0. The van der Waals surface area contributed by atoms with E-state index in [1.165, 1.54) is 25.7 Å². The van der Waals surface area contributed by atoms with Gasteiger partial charge in [0.05, 0.1) is 0 Å². The van der Waals surface area contributed by atoms with Gasteiger partial charge in [-0.25, -0.2) is 0 Å². The molecule has 2 nitrogen and oxygen atoms in total. The summed E-state index contributed by atoms with van der Waals surface area (Å²) in [5.41, 5.74) is 4.85. The standard InChI is InChI=1S/C26H39NO/c1-17(28)20-13-15-26(5)22-10-9-21-18(16-19(22)12-14-25(20,26)4)8-11-23(27(6)7)24(21,2)3/h12-13,16,21-23H,8-11,14-15H2,1-7H3/t21-,22-,23+,25-,26+/m1/s1. The molecule has 0 spiro atoms. The van der Waals surface area contributed by atoms with Gasteiger partial charge in [0.15, 0.2) is 5.78 Å². The molecule has 0 N–H and O–H groups in total. The van der Waals surface area contributed by atoms with Gasteiger partial charge in [0.25, 0.3) is 0 Å². The zero-order valence-corrected chi connectivity index (χ0v) is 19.1. The Morgan fingerprint density at radius 2 is 1.68 bits per heavy atom. The van der Waals surface area contributed by atoms with Crippen molar-refractivity contribution in [2.24, 2.45) is 28.1 Å². The average molecular weight is 382 g/mol. The highest BCUT2D eigenvalue weighted by molar-refractivity contribution is 5.95. The predicted octanol–water partition coefficient (Wildman–Crippen LogP) is 5.95. The molecule has 0 amide bonds. The zero-order chi connectivity index (χ0) is 20.5. The van der Waals surface area contributed by atoms with Crippen LogP contribution in [0.1, 0.15) is 73.1 Å². The van der Waals surface area contributed by atoms with E-state index in [1.54, 1.807) is 18.1 Å². The molecule has 154 valence electrons. The Hall–Kier alpha value is -1.15. The van der Waals surface area contributed by atoms with E-state index in [4.69, 9.17) is 0 Å². The van der Waals surface area contributed by atoms with Crippen LogP contribution in [0, 0.1) is 28.1 Å². The third-order valence-electron chi connectivity index (χ3n) is 9.51. The van der Waals surface area contributed by atoms with Gasteiger partial charge >= 0.3 is 0 Å². The second kappa shape index (κ2) is 6.42. The number of allylic oxidation sites excluding steroid dienone is 6. The second-order valence-electron chi connectivity index (χ2n) is 11.3. The number of carbonyl (C=O) groups excluding carboxylic acids is 1. The summed E-state index contributed by atoms with van der Waals surface area (Å²) in [4.78, 5) is 14.8. The number of fused-ring (bicyclic) bond motifs is 4. The topological polar surface area (TPSA) is 20.3 Å². The SMILES string of the molecule is CC(=O)C1=CC[C@@]2(C)[C@@H]3CC[C@@H]4C(=CC3=CC[C@]12C)CC[C@H](N(C)C)C4(C)C. The van der Waals surface area contributed by atoms with Crippen LogP contribution in [-0.2, 0) is 4.79 Å². The van der Waals surface area contributed by atoms with Gasteiger partial charge in [-0.15, -0.1) is 0 Å². The highest BCUT2D eigenvalue weighted by atomic mass is 16.1. The maximum Gasteiger partial charge on any atom is 0.156 e. The number of hydrogen-bond donors (Lipinski definition) is 0. The summed E-state index contributed by atoms with van der Waals surface area (Å²) in [6, 6.07) is 0.655. The third kappa shape index (κ3) is 2.59. The quantitative estimate of drug-likeness (QED) is 0.589. The number of Topliss-reactive ketones (excluding diaryl/α,β-unsaturated/α-hetero) is 1. The summed E-state index contributed by atoms with van der Waals surface area (Å²) in [7, 11) is 4.50. The Labute approximate surface area is 172 Å². The van der Waals surface area contributed by atoms with Crippen molar-refractivity contribution in [1.29, 1.82) is 0 Å². The average Bonchev–Trinajstić information content (AvgIpc) is 2.75. The van der Waals surface area contributed by atoms with Crippen molar-refractivity contribution in [2.75, 3.05) is 14.1 Å². The van der Waals surface area contributed by atoms with Crippen LogP contribution in [0.5, 0.6) is 0 Å². The van der Waals surface area contributed by atoms with E-state index in [0.29, 0.717) is 23.3 Å². The predicted molar refractivity (Wildman–Crippen MR) is 117 cm³/mol. The van der Waals surface area contributed by atoms with Crippen LogP contribution >= 0.6 is 0 Å². The maximum atomic E-state index is 12.4. The van der Waals surface area contributed by atoms with E-state index in [1.807, 2.05) is 0 Å². The summed E-state index contributed by atoms with van der Waals surface area (Å²) in [5.74, 6) is 1.53. The van der Waals surface area contributed by atoms with E-state index in [0.717, 1.165) is 18.4 Å². The van der Waals surface area contributed by atoms with Crippen molar-refractivity contribution in [1.82, 2.24) is 4.90 Å². The minimum absolute atomic E-state index is 0.00269. The number of rotatable bonds is 2. The summed E-state index contributed by atoms with van der Waals surface area (Å²) in [6.07, 6.45) is 14.5. The monoisotopic (exact) mass is 381 g/mol. The van der Waals surface area contributed by atoms with Crippen LogP contribution in [0.15, 0.2) is 34.9 Å².